The van der Waals surface area contributed by atoms with Crippen LogP contribution in [0.1, 0.15) is 158 Å². The first-order valence-corrected chi connectivity index (χ1v) is 23.3. The van der Waals surface area contributed by atoms with Gasteiger partial charge in [0.25, 0.3) is 0 Å². The molecule has 0 radical (unpaired) electrons. The maximum Gasteiger partial charge on any atom is 0.0698 e. The highest BCUT2D eigenvalue weighted by Crippen LogP contribution is 2.48. The second-order valence-electron chi connectivity index (χ2n) is 24.2. The molecule has 0 aliphatic heterocycles. The second kappa shape index (κ2) is 17.5. The molecule has 0 aromatic heterocycles. The van der Waals surface area contributed by atoms with E-state index in [0.29, 0.717) is 0 Å². The van der Waals surface area contributed by atoms with Crippen molar-refractivity contribution in [3.63, 3.8) is 0 Å². The average molecular weight is 855 g/mol. The van der Waals surface area contributed by atoms with Crippen LogP contribution >= 0.6 is 0 Å². The molecule has 64 heavy (non-hydrogen) atoms. The lowest BCUT2D eigenvalue weighted by Gasteiger charge is -2.32. The smallest absolute Gasteiger partial charge is 0.0698 e. The van der Waals surface area contributed by atoms with Gasteiger partial charge in [0.05, 0.1) is 34.1 Å². The summed E-state index contributed by atoms with van der Waals surface area (Å²) in [5, 5.41) is 11.9. The van der Waals surface area contributed by atoms with Crippen molar-refractivity contribution in [2.24, 2.45) is 0 Å². The fraction of sp³-hybridized carbons (Fsp3) is 0.400. The third-order valence-electron chi connectivity index (χ3n) is 12.3. The van der Waals surface area contributed by atoms with Crippen molar-refractivity contribution in [3.05, 3.63) is 161 Å². The molecule has 0 heterocycles. The zero-order valence-electron chi connectivity index (χ0n) is 42.6. The van der Waals surface area contributed by atoms with Gasteiger partial charge in [0.2, 0.25) is 0 Å². The van der Waals surface area contributed by atoms with Crippen LogP contribution in [-0.2, 0) is 32.5 Å². The van der Waals surface area contributed by atoms with E-state index in [2.05, 4.69) is 273 Å². The van der Waals surface area contributed by atoms with Crippen molar-refractivity contribution in [1.82, 2.24) is 0 Å². The van der Waals surface area contributed by atoms with Gasteiger partial charge in [-0.05, 0) is 139 Å². The Morgan fingerprint density at radius 1 is 0.266 bits per heavy atom. The Kier molecular flexibility index (Phi) is 13.1. The number of benzene rings is 6. The van der Waals surface area contributed by atoms with Gasteiger partial charge in [-0.3, -0.25) is 0 Å². The molecule has 0 fully saturated rings. The number of hydrogen-bond donors (Lipinski definition) is 3. The Labute approximate surface area is 388 Å². The van der Waals surface area contributed by atoms with E-state index in [-0.39, 0.29) is 32.5 Å². The van der Waals surface area contributed by atoms with Crippen LogP contribution in [0.15, 0.2) is 127 Å². The Balaban J connectivity index is 1.60. The van der Waals surface area contributed by atoms with Crippen LogP contribution in [0.2, 0.25) is 0 Å². The minimum Gasteiger partial charge on any atom is -0.354 e. The molecule has 338 valence electrons. The van der Waals surface area contributed by atoms with Crippen molar-refractivity contribution in [2.45, 2.75) is 157 Å². The molecule has 0 saturated carbocycles. The van der Waals surface area contributed by atoms with E-state index in [1.807, 2.05) is 0 Å². The SMILES string of the molecule is CC(C)(C)c1cc(Nc2ccccc2N(c2ccccc2Nc2cc(C(C)(C)C)cc(C(C)(C)C)c2)c2ccccc2Nc2cc(C(C)(C)C)cc(C(C)(C)C)c2)cc(C(C)(C)C)c1. The van der Waals surface area contributed by atoms with Crippen LogP contribution < -0.4 is 20.9 Å². The fourth-order valence-corrected chi connectivity index (χ4v) is 7.88. The molecule has 6 aromatic rings. The molecule has 0 amide bonds. The molecule has 4 nitrogen and oxygen atoms in total. The van der Waals surface area contributed by atoms with Crippen molar-refractivity contribution in [3.8, 4) is 0 Å². The number of rotatable bonds is 9. The van der Waals surface area contributed by atoms with Crippen molar-refractivity contribution < 1.29 is 0 Å². The van der Waals surface area contributed by atoms with Crippen LogP contribution in [0.25, 0.3) is 0 Å². The predicted octanol–water partition coefficient (Wildman–Crippen LogP) is 18.2. The van der Waals surface area contributed by atoms with Gasteiger partial charge in [0, 0.05) is 17.1 Å². The quantitative estimate of drug-likeness (QED) is 0.135. The molecule has 6 aromatic carbocycles. The zero-order chi connectivity index (χ0) is 47.2. The number of nitrogens with zero attached hydrogens (tertiary/aromatic N) is 1. The first-order valence-electron chi connectivity index (χ1n) is 23.3. The molecular formula is C60H78N4. The van der Waals surface area contributed by atoms with E-state index in [1.54, 1.807) is 0 Å². The van der Waals surface area contributed by atoms with Gasteiger partial charge in [0.1, 0.15) is 0 Å². The molecule has 0 spiro atoms. The van der Waals surface area contributed by atoms with Gasteiger partial charge in [-0.2, -0.15) is 0 Å². The van der Waals surface area contributed by atoms with E-state index in [0.717, 1.165) is 51.2 Å². The summed E-state index contributed by atoms with van der Waals surface area (Å²) in [5.74, 6) is 0. The molecule has 4 heteroatoms. The summed E-state index contributed by atoms with van der Waals surface area (Å²) in [4.78, 5) is 2.42. The normalized spacial score (nSPS) is 12.8. The number of nitrogens with one attached hydrogen (secondary N) is 3. The van der Waals surface area contributed by atoms with Crippen molar-refractivity contribution >= 4 is 51.2 Å². The molecule has 0 atom stereocenters. The highest BCUT2D eigenvalue weighted by atomic mass is 15.2. The summed E-state index contributed by atoms with van der Waals surface area (Å²) in [5.41, 5.74) is 17.0. The predicted molar refractivity (Wildman–Crippen MR) is 282 cm³/mol. The van der Waals surface area contributed by atoms with Gasteiger partial charge in [-0.15, -0.1) is 0 Å². The second-order valence-corrected chi connectivity index (χ2v) is 24.2. The first kappa shape index (κ1) is 48.0. The average Bonchev–Trinajstić information content (AvgIpc) is 3.17. The number of hydrogen-bond acceptors (Lipinski definition) is 4. The summed E-state index contributed by atoms with van der Waals surface area (Å²) in [7, 11) is 0. The zero-order valence-corrected chi connectivity index (χ0v) is 42.6. The molecule has 0 aliphatic carbocycles. The van der Waals surface area contributed by atoms with Crippen molar-refractivity contribution in [1.29, 1.82) is 0 Å². The van der Waals surface area contributed by atoms with Gasteiger partial charge in [0.15, 0.2) is 0 Å². The molecule has 0 saturated heterocycles. The third kappa shape index (κ3) is 11.4. The van der Waals surface area contributed by atoms with E-state index in [1.165, 1.54) is 33.4 Å². The lowest BCUT2D eigenvalue weighted by Crippen LogP contribution is -2.18. The summed E-state index contributed by atoms with van der Waals surface area (Å²) in [6.07, 6.45) is 0. The van der Waals surface area contributed by atoms with Gasteiger partial charge in [-0.1, -0.05) is 179 Å². The molecule has 0 aliphatic rings. The fourth-order valence-electron chi connectivity index (χ4n) is 7.88. The largest absolute Gasteiger partial charge is 0.354 e. The van der Waals surface area contributed by atoms with Crippen LogP contribution in [0.3, 0.4) is 0 Å². The van der Waals surface area contributed by atoms with Gasteiger partial charge >= 0.3 is 0 Å². The Hall–Kier alpha value is -5.48. The molecular weight excluding hydrogens is 777 g/mol. The van der Waals surface area contributed by atoms with Gasteiger partial charge < -0.3 is 20.9 Å². The monoisotopic (exact) mass is 855 g/mol. The number of anilines is 9. The highest BCUT2D eigenvalue weighted by molar-refractivity contribution is 5.96. The summed E-state index contributed by atoms with van der Waals surface area (Å²) in [6.45, 7) is 41.3. The topological polar surface area (TPSA) is 39.3 Å². The van der Waals surface area contributed by atoms with E-state index >= 15 is 0 Å². The van der Waals surface area contributed by atoms with Gasteiger partial charge in [-0.25, -0.2) is 0 Å². The minimum absolute atomic E-state index is 0.0211. The van der Waals surface area contributed by atoms with Crippen molar-refractivity contribution in [2.75, 3.05) is 20.9 Å². The van der Waals surface area contributed by atoms with E-state index < -0.39 is 0 Å². The summed E-state index contributed by atoms with van der Waals surface area (Å²) >= 11 is 0. The number of para-hydroxylation sites is 6. The van der Waals surface area contributed by atoms with Crippen LogP contribution in [0, 0.1) is 0 Å². The Morgan fingerprint density at radius 3 is 0.641 bits per heavy atom. The molecule has 0 bridgehead atoms. The maximum absolute atomic E-state index is 3.97. The molecule has 0 unspecified atom stereocenters. The van der Waals surface area contributed by atoms with Crippen LogP contribution in [-0.4, -0.2) is 0 Å². The molecule has 6 rings (SSSR count). The summed E-state index contributed by atoms with van der Waals surface area (Å²) < 4.78 is 0. The van der Waals surface area contributed by atoms with Crippen LogP contribution in [0.4, 0.5) is 51.2 Å². The lowest BCUT2D eigenvalue weighted by molar-refractivity contribution is 0.568. The maximum atomic E-state index is 3.97. The first-order chi connectivity index (χ1) is 29.5. The molecule has 3 N–H and O–H groups in total. The highest BCUT2D eigenvalue weighted by Gasteiger charge is 2.27. The summed E-state index contributed by atoms with van der Waals surface area (Å²) in [6, 6.07) is 47.3. The standard InChI is InChI=1S/C60H78N4/c1-55(2,3)40-31-41(56(4,5)6)35-46(34-40)61-49-25-19-22-28-52(49)64(53-29-23-20-26-50(53)62-47-36-42(57(7,8)9)32-43(37-47)58(10,11)12)54-30-24-21-27-51(54)63-48-38-44(59(13,14)15)33-45(39-48)60(16,17)18/h19-39,61-63H,1-18H3. The van der Waals surface area contributed by atoms with E-state index in [9.17, 15) is 0 Å². The minimum atomic E-state index is -0.0211. The van der Waals surface area contributed by atoms with E-state index in [4.69, 9.17) is 0 Å². The van der Waals surface area contributed by atoms with Crippen LogP contribution in [0.5, 0.6) is 0 Å². The third-order valence-corrected chi connectivity index (χ3v) is 12.3. The Morgan fingerprint density at radius 2 is 0.453 bits per heavy atom. The Bertz CT molecular complexity index is 2200. The lowest BCUT2D eigenvalue weighted by atomic mass is 9.80.